The van der Waals surface area contributed by atoms with Crippen LogP contribution < -0.4 is 0 Å². The Labute approximate surface area is 193 Å². The minimum atomic E-state index is 0.305. The van der Waals surface area contributed by atoms with E-state index in [4.69, 9.17) is 11.6 Å². The molecule has 0 N–H and O–H groups in total. The van der Waals surface area contributed by atoms with Crippen LogP contribution in [0.3, 0.4) is 0 Å². The monoisotopic (exact) mass is 430 g/mol. The Morgan fingerprint density at radius 3 is 2.16 bits per heavy atom. The molecule has 0 amide bonds. The SMILES string of the molecule is Clc1ccc(-c2ccc3c(c2)-c2ccccc2C32C3CC4CC5CC2C453)c2ccccc12. The van der Waals surface area contributed by atoms with Gasteiger partial charge in [-0.1, -0.05) is 78.3 Å². The lowest BCUT2D eigenvalue weighted by Gasteiger charge is -2.92. The van der Waals surface area contributed by atoms with E-state index in [9.17, 15) is 0 Å². The van der Waals surface area contributed by atoms with E-state index in [1.807, 2.05) is 0 Å². The van der Waals surface area contributed by atoms with Crippen LogP contribution in [0.1, 0.15) is 30.4 Å². The normalized spacial score (nSPS) is 36.2. The van der Waals surface area contributed by atoms with E-state index in [0.717, 1.165) is 39.5 Å². The highest BCUT2D eigenvalue weighted by atomic mass is 35.5. The lowest BCUT2D eigenvalue weighted by Crippen LogP contribution is -2.88. The summed E-state index contributed by atoms with van der Waals surface area (Å²) >= 11 is 6.53. The Morgan fingerprint density at radius 2 is 1.34 bits per heavy atom. The van der Waals surface area contributed by atoms with Gasteiger partial charge in [-0.15, -0.1) is 0 Å². The molecule has 1 heteroatoms. The van der Waals surface area contributed by atoms with Gasteiger partial charge in [-0.2, -0.15) is 0 Å². The first-order valence-electron chi connectivity index (χ1n) is 12.2. The molecule has 4 saturated carbocycles. The standard InChI is InChI=1S/C31H23Cl/c32-27-12-10-20(21-5-1-2-7-23(21)27)17-9-11-26-24(13-17)22-6-3-4-8-25(22)31(26)28-15-18-14-19-16-29(31)30(18,19)28/h1-13,18-19,28-29H,14-16H2. The van der Waals surface area contributed by atoms with E-state index in [-0.39, 0.29) is 0 Å². The zero-order valence-corrected chi connectivity index (χ0v) is 18.6. The van der Waals surface area contributed by atoms with Crippen LogP contribution in [-0.2, 0) is 5.41 Å². The van der Waals surface area contributed by atoms with Crippen LogP contribution in [0.15, 0.2) is 78.9 Å². The molecule has 0 bridgehead atoms. The van der Waals surface area contributed by atoms with Crippen molar-refractivity contribution < 1.29 is 0 Å². The molecule has 0 saturated heterocycles. The summed E-state index contributed by atoms with van der Waals surface area (Å²) in [4.78, 5) is 0. The van der Waals surface area contributed by atoms with Crippen molar-refractivity contribution in [3.05, 3.63) is 95.0 Å². The summed E-state index contributed by atoms with van der Waals surface area (Å²) in [5, 5.41) is 3.20. The van der Waals surface area contributed by atoms with E-state index in [1.54, 1.807) is 11.1 Å². The van der Waals surface area contributed by atoms with E-state index < -0.39 is 0 Å². The van der Waals surface area contributed by atoms with Crippen LogP contribution in [0.2, 0.25) is 5.02 Å². The van der Waals surface area contributed by atoms with Gasteiger partial charge in [0.15, 0.2) is 0 Å². The third kappa shape index (κ3) is 1.49. The maximum Gasteiger partial charge on any atom is 0.0484 e. The number of rotatable bonds is 1. The van der Waals surface area contributed by atoms with Gasteiger partial charge >= 0.3 is 0 Å². The van der Waals surface area contributed by atoms with E-state index in [0.29, 0.717) is 5.41 Å². The number of fused-ring (bicyclic) bond motifs is 8. The fourth-order valence-electron chi connectivity index (χ4n) is 9.65. The molecule has 2 spiro atoms. The van der Waals surface area contributed by atoms with Crippen molar-refractivity contribution >= 4 is 22.4 Å². The zero-order chi connectivity index (χ0) is 20.8. The Balaban J connectivity index is 1.28. The summed E-state index contributed by atoms with van der Waals surface area (Å²) in [6.45, 7) is 0. The maximum atomic E-state index is 6.53. The summed E-state index contributed by atoms with van der Waals surface area (Å²) in [5.74, 6) is 3.89. The molecule has 0 heterocycles. The third-order valence-electron chi connectivity index (χ3n) is 10.6. The minimum absolute atomic E-state index is 0.305. The second-order valence-corrected chi connectivity index (χ2v) is 11.4. The quantitative estimate of drug-likeness (QED) is 0.286. The molecule has 0 nitrogen and oxygen atoms in total. The Hall–Kier alpha value is -2.57. The lowest BCUT2D eigenvalue weighted by atomic mass is 9.11. The molecule has 5 aliphatic rings. The van der Waals surface area contributed by atoms with Crippen LogP contribution in [0.25, 0.3) is 33.0 Å². The molecule has 9 rings (SSSR count). The average molecular weight is 431 g/mol. The fraction of sp³-hybridized carbons (Fsp3) is 0.290. The van der Waals surface area contributed by atoms with E-state index in [2.05, 4.69) is 78.9 Å². The first-order valence-corrected chi connectivity index (χ1v) is 12.6. The van der Waals surface area contributed by atoms with Crippen molar-refractivity contribution in [2.45, 2.75) is 24.7 Å². The van der Waals surface area contributed by atoms with Gasteiger partial charge in [-0.05, 0) is 99.2 Å². The Bertz CT molecular complexity index is 1490. The molecule has 0 aliphatic heterocycles. The van der Waals surface area contributed by atoms with Gasteiger partial charge in [0.1, 0.15) is 0 Å². The largest absolute Gasteiger partial charge is 0.0837 e. The van der Waals surface area contributed by atoms with Crippen LogP contribution in [0, 0.1) is 29.1 Å². The number of hydrogen-bond acceptors (Lipinski definition) is 0. The summed E-state index contributed by atoms with van der Waals surface area (Å²) in [6.07, 6.45) is 4.45. The lowest BCUT2D eigenvalue weighted by molar-refractivity contribution is -0.412. The summed E-state index contributed by atoms with van der Waals surface area (Å²) in [5.41, 5.74) is 9.88. The molecular formula is C31H23Cl. The molecule has 4 aromatic carbocycles. The molecule has 0 aromatic heterocycles. The van der Waals surface area contributed by atoms with E-state index in [1.165, 1.54) is 46.9 Å². The third-order valence-corrected chi connectivity index (χ3v) is 11.0. The highest BCUT2D eigenvalue weighted by Crippen LogP contribution is 2.94. The minimum Gasteiger partial charge on any atom is -0.0837 e. The van der Waals surface area contributed by atoms with Gasteiger partial charge in [0, 0.05) is 15.8 Å². The van der Waals surface area contributed by atoms with Crippen molar-refractivity contribution in [3.8, 4) is 22.3 Å². The van der Waals surface area contributed by atoms with Gasteiger partial charge in [-0.25, -0.2) is 0 Å². The van der Waals surface area contributed by atoms with Crippen molar-refractivity contribution in [1.82, 2.24) is 0 Å². The van der Waals surface area contributed by atoms with Crippen molar-refractivity contribution in [2.75, 3.05) is 0 Å². The molecule has 154 valence electrons. The Kier molecular flexibility index (Phi) is 2.73. The number of halogens is 1. The van der Waals surface area contributed by atoms with Gasteiger partial charge in [0.2, 0.25) is 0 Å². The first-order chi connectivity index (χ1) is 15.8. The molecule has 5 aliphatic carbocycles. The Morgan fingerprint density at radius 1 is 0.625 bits per heavy atom. The second kappa shape index (κ2) is 5.15. The summed E-state index contributed by atoms with van der Waals surface area (Å²) in [7, 11) is 0. The predicted octanol–water partition coefficient (Wildman–Crippen LogP) is 8.10. The molecule has 4 fully saturated rings. The van der Waals surface area contributed by atoms with E-state index >= 15 is 0 Å². The van der Waals surface area contributed by atoms with Crippen LogP contribution in [-0.4, -0.2) is 0 Å². The van der Waals surface area contributed by atoms with Gasteiger partial charge < -0.3 is 0 Å². The smallest absolute Gasteiger partial charge is 0.0484 e. The van der Waals surface area contributed by atoms with Crippen molar-refractivity contribution in [2.24, 2.45) is 29.1 Å². The zero-order valence-electron chi connectivity index (χ0n) is 17.8. The van der Waals surface area contributed by atoms with Crippen molar-refractivity contribution in [1.29, 1.82) is 0 Å². The second-order valence-electron chi connectivity index (χ2n) is 11.0. The highest BCUT2D eigenvalue weighted by Gasteiger charge is 2.90. The van der Waals surface area contributed by atoms with Gasteiger partial charge in [0.25, 0.3) is 0 Å². The van der Waals surface area contributed by atoms with Crippen molar-refractivity contribution in [3.63, 3.8) is 0 Å². The van der Waals surface area contributed by atoms with Gasteiger partial charge in [0.05, 0.1) is 0 Å². The predicted molar refractivity (Wildman–Crippen MR) is 131 cm³/mol. The van der Waals surface area contributed by atoms with Crippen LogP contribution in [0.4, 0.5) is 0 Å². The molecular weight excluding hydrogens is 408 g/mol. The molecule has 0 radical (unpaired) electrons. The number of hydrogen-bond donors (Lipinski definition) is 0. The average Bonchev–Trinajstić information content (AvgIpc) is 3.08. The maximum absolute atomic E-state index is 6.53. The number of benzene rings is 4. The molecule has 4 unspecified atom stereocenters. The summed E-state index contributed by atoms with van der Waals surface area (Å²) in [6, 6.07) is 29.5. The highest BCUT2D eigenvalue weighted by molar-refractivity contribution is 6.36. The molecule has 32 heavy (non-hydrogen) atoms. The van der Waals surface area contributed by atoms with Gasteiger partial charge in [-0.3, -0.25) is 0 Å². The molecule has 4 atom stereocenters. The summed E-state index contributed by atoms with van der Waals surface area (Å²) < 4.78 is 0. The fourth-order valence-corrected chi connectivity index (χ4v) is 9.88. The first kappa shape index (κ1) is 17.0. The van der Waals surface area contributed by atoms with Crippen LogP contribution >= 0.6 is 11.6 Å². The van der Waals surface area contributed by atoms with Crippen LogP contribution in [0.5, 0.6) is 0 Å². The topological polar surface area (TPSA) is 0 Å². The molecule has 4 aromatic rings.